The highest BCUT2D eigenvalue weighted by Gasteiger charge is 2.51. The number of fused-ring (bicyclic) bond motifs is 2. The molecule has 4 N–H and O–H groups in total. The Bertz CT molecular complexity index is 554. The van der Waals surface area contributed by atoms with Crippen LogP contribution in [0.2, 0.25) is 0 Å². The van der Waals surface area contributed by atoms with E-state index in [2.05, 4.69) is 10.6 Å². The molecule has 8 heteroatoms. The number of likely N-dealkylation sites (N-methyl/N-ethyl adjacent to an activating group) is 1. The van der Waals surface area contributed by atoms with Gasteiger partial charge in [-0.05, 0) is 18.3 Å². The zero-order valence-corrected chi connectivity index (χ0v) is 12.9. The summed E-state index contributed by atoms with van der Waals surface area (Å²) in [5.41, 5.74) is 0. The molecule has 23 heavy (non-hydrogen) atoms. The molecule has 2 amide bonds. The summed E-state index contributed by atoms with van der Waals surface area (Å²) in [5, 5.41) is 21.8. The number of carbonyl (C=O) groups excluding carboxylic acids is 2. The fourth-order valence-corrected chi connectivity index (χ4v) is 2.91. The van der Waals surface area contributed by atoms with Crippen molar-refractivity contribution in [2.45, 2.75) is 6.42 Å². The Morgan fingerprint density at radius 1 is 0.957 bits per heavy atom. The molecule has 1 saturated carbocycles. The first-order valence-corrected chi connectivity index (χ1v) is 7.07. The molecule has 0 heterocycles. The maximum absolute atomic E-state index is 11.5. The molecule has 1 fully saturated rings. The average Bonchev–Trinajstić information content (AvgIpc) is 3.13. The quantitative estimate of drug-likeness (QED) is 0.412. The van der Waals surface area contributed by atoms with Crippen molar-refractivity contribution in [3.63, 3.8) is 0 Å². The summed E-state index contributed by atoms with van der Waals surface area (Å²) in [4.78, 5) is 42.5. The van der Waals surface area contributed by atoms with Crippen LogP contribution in [0, 0.1) is 23.7 Å². The Morgan fingerprint density at radius 2 is 1.52 bits per heavy atom. The summed E-state index contributed by atoms with van der Waals surface area (Å²) < 4.78 is 0. The van der Waals surface area contributed by atoms with Gasteiger partial charge in [-0.15, -0.1) is 0 Å². The van der Waals surface area contributed by atoms with E-state index in [1.54, 1.807) is 7.05 Å². The Kier molecular flexibility index (Phi) is 6.49. The van der Waals surface area contributed by atoms with Crippen LogP contribution in [0.25, 0.3) is 0 Å². The van der Waals surface area contributed by atoms with E-state index in [-0.39, 0.29) is 23.7 Å². The number of rotatable bonds is 4. The first kappa shape index (κ1) is 18.4. The van der Waals surface area contributed by atoms with E-state index in [1.807, 2.05) is 12.2 Å². The largest absolute Gasteiger partial charge is 0.481 e. The fourth-order valence-electron chi connectivity index (χ4n) is 2.91. The molecule has 2 rings (SSSR count). The number of carbonyl (C=O) groups is 4. The van der Waals surface area contributed by atoms with E-state index in [0.717, 1.165) is 18.6 Å². The normalized spacial score (nSPS) is 27.2. The summed E-state index contributed by atoms with van der Waals surface area (Å²) in [5.74, 6) is -3.25. The SMILES string of the molecule is CNC(=O)/C=C\C(=O)O.CNC(=O)C1C2C=CC(C2)C1C(=O)O. The van der Waals surface area contributed by atoms with Gasteiger partial charge in [-0.1, -0.05) is 12.2 Å². The molecule has 4 atom stereocenters. The van der Waals surface area contributed by atoms with Crippen molar-refractivity contribution < 1.29 is 29.4 Å². The summed E-state index contributed by atoms with van der Waals surface area (Å²) in [6, 6.07) is 0. The van der Waals surface area contributed by atoms with Gasteiger partial charge >= 0.3 is 11.9 Å². The first-order chi connectivity index (χ1) is 10.8. The van der Waals surface area contributed by atoms with Gasteiger partial charge in [0.2, 0.25) is 11.8 Å². The van der Waals surface area contributed by atoms with Crippen LogP contribution in [-0.2, 0) is 19.2 Å². The number of carboxylic acid groups (broad SMARTS) is 2. The highest BCUT2D eigenvalue weighted by Crippen LogP contribution is 2.48. The summed E-state index contributed by atoms with van der Waals surface area (Å²) >= 11 is 0. The van der Waals surface area contributed by atoms with Gasteiger partial charge in [0.15, 0.2) is 0 Å². The van der Waals surface area contributed by atoms with Gasteiger partial charge in [-0.2, -0.15) is 0 Å². The van der Waals surface area contributed by atoms with E-state index < -0.39 is 23.8 Å². The second kappa shape index (κ2) is 8.11. The van der Waals surface area contributed by atoms with Crippen LogP contribution in [0.5, 0.6) is 0 Å². The topological polar surface area (TPSA) is 133 Å². The minimum absolute atomic E-state index is 0.0554. The summed E-state index contributed by atoms with van der Waals surface area (Å²) in [7, 11) is 2.98. The highest BCUT2D eigenvalue weighted by atomic mass is 16.4. The molecular formula is C15H20N2O6. The van der Waals surface area contributed by atoms with E-state index in [0.29, 0.717) is 0 Å². The summed E-state index contributed by atoms with van der Waals surface area (Å²) in [6.07, 6.45) is 6.45. The molecule has 4 unspecified atom stereocenters. The average molecular weight is 324 g/mol. The molecule has 2 aliphatic carbocycles. The smallest absolute Gasteiger partial charge is 0.328 e. The highest BCUT2D eigenvalue weighted by molar-refractivity contribution is 5.93. The third kappa shape index (κ3) is 4.67. The number of hydrogen-bond acceptors (Lipinski definition) is 4. The van der Waals surface area contributed by atoms with E-state index >= 15 is 0 Å². The van der Waals surface area contributed by atoms with Crippen LogP contribution >= 0.6 is 0 Å². The molecule has 2 bridgehead atoms. The van der Waals surface area contributed by atoms with Crippen LogP contribution in [0.1, 0.15) is 6.42 Å². The minimum Gasteiger partial charge on any atom is -0.481 e. The predicted molar refractivity (Wildman–Crippen MR) is 80.3 cm³/mol. The van der Waals surface area contributed by atoms with Gasteiger partial charge < -0.3 is 20.8 Å². The molecule has 126 valence electrons. The number of allylic oxidation sites excluding steroid dienone is 2. The van der Waals surface area contributed by atoms with Crippen molar-refractivity contribution in [2.75, 3.05) is 14.1 Å². The zero-order valence-electron chi connectivity index (χ0n) is 12.9. The lowest BCUT2D eigenvalue weighted by atomic mass is 9.82. The number of hydrogen-bond donors (Lipinski definition) is 4. The zero-order chi connectivity index (χ0) is 17.6. The summed E-state index contributed by atoms with van der Waals surface area (Å²) in [6.45, 7) is 0. The third-order valence-corrected chi connectivity index (χ3v) is 3.92. The Labute approximate surface area is 133 Å². The number of nitrogens with one attached hydrogen (secondary N) is 2. The van der Waals surface area contributed by atoms with Gasteiger partial charge in [0.25, 0.3) is 0 Å². The Hall–Kier alpha value is -2.64. The van der Waals surface area contributed by atoms with Crippen LogP contribution < -0.4 is 10.6 Å². The maximum atomic E-state index is 11.5. The fraction of sp³-hybridized carbons (Fsp3) is 0.467. The molecular weight excluding hydrogens is 304 g/mol. The molecule has 0 aromatic heterocycles. The second-order valence-electron chi connectivity index (χ2n) is 5.24. The molecule has 0 saturated heterocycles. The van der Waals surface area contributed by atoms with E-state index in [1.165, 1.54) is 7.05 Å². The van der Waals surface area contributed by atoms with Crippen molar-refractivity contribution >= 4 is 23.8 Å². The van der Waals surface area contributed by atoms with Crippen LogP contribution in [0.4, 0.5) is 0 Å². The molecule has 0 aliphatic heterocycles. The standard InChI is InChI=1S/C10H13NO3.C5H7NO3/c1-11-9(12)7-5-2-3-6(4-5)8(7)10(13)14;1-6-4(7)2-3-5(8)9/h2-3,5-8H,4H2,1H3,(H,11,12)(H,13,14);2-3H,1H3,(H,6,7)(H,8,9)/b;3-2-. The van der Waals surface area contributed by atoms with Crippen molar-refractivity contribution in [2.24, 2.45) is 23.7 Å². The van der Waals surface area contributed by atoms with Gasteiger partial charge in [0, 0.05) is 26.2 Å². The van der Waals surface area contributed by atoms with Crippen molar-refractivity contribution in [1.82, 2.24) is 10.6 Å². The van der Waals surface area contributed by atoms with Crippen molar-refractivity contribution in [3.05, 3.63) is 24.3 Å². The molecule has 0 spiro atoms. The Balaban J connectivity index is 0.000000257. The molecule has 0 radical (unpaired) electrons. The van der Waals surface area contributed by atoms with Crippen molar-refractivity contribution in [3.8, 4) is 0 Å². The van der Waals surface area contributed by atoms with Crippen LogP contribution in [0.3, 0.4) is 0 Å². The lowest BCUT2D eigenvalue weighted by Crippen LogP contribution is -2.38. The monoisotopic (exact) mass is 324 g/mol. The lowest BCUT2D eigenvalue weighted by molar-refractivity contribution is -0.147. The minimum atomic E-state index is -1.13. The third-order valence-electron chi connectivity index (χ3n) is 3.92. The second-order valence-corrected chi connectivity index (χ2v) is 5.24. The van der Waals surface area contributed by atoms with Crippen molar-refractivity contribution in [1.29, 1.82) is 0 Å². The van der Waals surface area contributed by atoms with Gasteiger partial charge in [0.1, 0.15) is 0 Å². The van der Waals surface area contributed by atoms with E-state index in [9.17, 15) is 19.2 Å². The van der Waals surface area contributed by atoms with Crippen LogP contribution in [-0.4, -0.2) is 48.1 Å². The molecule has 2 aliphatic rings. The Morgan fingerprint density at radius 3 is 1.96 bits per heavy atom. The molecule has 0 aromatic rings. The van der Waals surface area contributed by atoms with Gasteiger partial charge in [0.05, 0.1) is 11.8 Å². The predicted octanol–water partition coefficient (Wildman–Crippen LogP) is -0.371. The van der Waals surface area contributed by atoms with Gasteiger partial charge in [-0.3, -0.25) is 14.4 Å². The molecule has 0 aromatic carbocycles. The molecule has 8 nitrogen and oxygen atoms in total. The maximum Gasteiger partial charge on any atom is 0.328 e. The van der Waals surface area contributed by atoms with Gasteiger partial charge in [-0.25, -0.2) is 4.79 Å². The number of aliphatic carboxylic acids is 2. The first-order valence-electron chi connectivity index (χ1n) is 7.07. The van der Waals surface area contributed by atoms with Crippen LogP contribution in [0.15, 0.2) is 24.3 Å². The number of carboxylic acids is 2. The lowest BCUT2D eigenvalue weighted by Gasteiger charge is -2.22. The number of amides is 2. The van der Waals surface area contributed by atoms with E-state index in [4.69, 9.17) is 10.2 Å².